The molecule has 2 rings (SSSR count). The summed E-state index contributed by atoms with van der Waals surface area (Å²) in [5.41, 5.74) is -0.145. The third-order valence-electron chi connectivity index (χ3n) is 3.55. The summed E-state index contributed by atoms with van der Waals surface area (Å²) >= 11 is 1.46. The molecule has 1 aromatic heterocycles. The first kappa shape index (κ1) is 19.6. The minimum Gasteiger partial charge on any atom is -0.480 e. The highest BCUT2D eigenvalue weighted by atomic mass is 32.2. The molecule has 26 heavy (non-hydrogen) atoms. The van der Waals surface area contributed by atoms with Crippen LogP contribution in [0.3, 0.4) is 0 Å². The molecule has 0 fully saturated rings. The molecule has 0 saturated carbocycles. The molecule has 1 heterocycles. The Morgan fingerprint density at radius 3 is 2.69 bits per heavy atom. The third kappa shape index (κ3) is 5.16. The smallest absolute Gasteiger partial charge is 0.326 e. The van der Waals surface area contributed by atoms with E-state index in [1.54, 1.807) is 6.07 Å². The molecule has 0 aliphatic carbocycles. The van der Waals surface area contributed by atoms with Crippen molar-refractivity contribution in [3.05, 3.63) is 52.6 Å². The Hall–Kier alpha value is -2.68. The molecule has 1 aromatic carbocycles. The number of thioether (sulfide) groups is 1. The zero-order valence-corrected chi connectivity index (χ0v) is 14.8. The molecular weight excluding hydrogens is 361 g/mol. The van der Waals surface area contributed by atoms with Crippen LogP contribution in [0.2, 0.25) is 0 Å². The van der Waals surface area contributed by atoms with Gasteiger partial charge in [0.15, 0.2) is 0 Å². The number of hydrogen-bond donors (Lipinski definition) is 2. The number of carbonyl (C=O) groups excluding carboxylic acids is 1. The first-order valence-electron chi connectivity index (χ1n) is 7.76. The zero-order chi connectivity index (χ0) is 19.1. The maximum atomic E-state index is 13.9. The molecule has 7 nitrogen and oxygen atoms in total. The van der Waals surface area contributed by atoms with Crippen LogP contribution in [0.1, 0.15) is 6.42 Å². The third-order valence-corrected chi connectivity index (χ3v) is 4.20. The van der Waals surface area contributed by atoms with E-state index in [1.807, 2.05) is 6.26 Å². The average molecular weight is 379 g/mol. The quantitative estimate of drug-likeness (QED) is 0.718. The van der Waals surface area contributed by atoms with Gasteiger partial charge in [-0.1, -0.05) is 12.1 Å². The van der Waals surface area contributed by atoms with Gasteiger partial charge in [0.2, 0.25) is 5.91 Å². The number of carboxylic acid groups (broad SMARTS) is 1. The Kier molecular flexibility index (Phi) is 6.90. The molecule has 138 valence electrons. The molecule has 2 N–H and O–H groups in total. The van der Waals surface area contributed by atoms with Gasteiger partial charge in [0, 0.05) is 11.6 Å². The largest absolute Gasteiger partial charge is 0.480 e. The van der Waals surface area contributed by atoms with Crippen molar-refractivity contribution in [2.45, 2.75) is 19.0 Å². The van der Waals surface area contributed by atoms with Crippen LogP contribution in [0.4, 0.5) is 4.39 Å². The highest BCUT2D eigenvalue weighted by Crippen LogP contribution is 2.18. The number of aromatic nitrogens is 2. The lowest BCUT2D eigenvalue weighted by molar-refractivity contribution is -0.142. The van der Waals surface area contributed by atoms with E-state index in [2.05, 4.69) is 10.4 Å². The number of carboxylic acids is 1. The second-order valence-corrected chi connectivity index (χ2v) is 6.42. The van der Waals surface area contributed by atoms with Crippen molar-refractivity contribution < 1.29 is 19.1 Å². The Morgan fingerprint density at radius 2 is 2.04 bits per heavy atom. The van der Waals surface area contributed by atoms with Gasteiger partial charge in [-0.25, -0.2) is 13.9 Å². The van der Waals surface area contributed by atoms with E-state index in [-0.39, 0.29) is 17.7 Å². The molecule has 0 aliphatic heterocycles. The molecule has 0 spiro atoms. The van der Waals surface area contributed by atoms with Crippen molar-refractivity contribution in [3.8, 4) is 11.3 Å². The molecular formula is C17H18FN3O4S. The number of nitrogens with one attached hydrogen (secondary N) is 1. The van der Waals surface area contributed by atoms with Crippen molar-refractivity contribution in [2.75, 3.05) is 12.0 Å². The lowest BCUT2D eigenvalue weighted by atomic mass is 10.1. The monoisotopic (exact) mass is 379 g/mol. The first-order valence-corrected chi connectivity index (χ1v) is 9.16. The van der Waals surface area contributed by atoms with Crippen LogP contribution in [-0.4, -0.2) is 44.8 Å². The minimum absolute atomic E-state index is 0.199. The SMILES string of the molecule is CSCC[C@@H](NC(=O)Cn1nc(-c2ccccc2F)ccc1=O)C(=O)O. The Balaban J connectivity index is 2.17. The Bertz CT molecular complexity index is 856. The summed E-state index contributed by atoms with van der Waals surface area (Å²) < 4.78 is 14.8. The van der Waals surface area contributed by atoms with Gasteiger partial charge < -0.3 is 10.4 Å². The van der Waals surface area contributed by atoms with Crippen molar-refractivity contribution in [1.82, 2.24) is 15.1 Å². The van der Waals surface area contributed by atoms with Gasteiger partial charge in [0.1, 0.15) is 18.4 Å². The highest BCUT2D eigenvalue weighted by molar-refractivity contribution is 7.98. The lowest BCUT2D eigenvalue weighted by Crippen LogP contribution is -2.44. The Morgan fingerprint density at radius 1 is 1.31 bits per heavy atom. The predicted octanol–water partition coefficient (Wildman–Crippen LogP) is 1.37. The van der Waals surface area contributed by atoms with Crippen molar-refractivity contribution in [1.29, 1.82) is 0 Å². The lowest BCUT2D eigenvalue weighted by Gasteiger charge is -2.14. The van der Waals surface area contributed by atoms with Gasteiger partial charge in [-0.2, -0.15) is 16.9 Å². The number of amides is 1. The van der Waals surface area contributed by atoms with Crippen LogP contribution in [0, 0.1) is 5.82 Å². The van der Waals surface area contributed by atoms with Gasteiger partial charge >= 0.3 is 5.97 Å². The van der Waals surface area contributed by atoms with E-state index in [9.17, 15) is 18.8 Å². The summed E-state index contributed by atoms with van der Waals surface area (Å²) in [6.45, 7) is -0.454. The topological polar surface area (TPSA) is 101 Å². The van der Waals surface area contributed by atoms with E-state index in [0.29, 0.717) is 5.75 Å². The maximum absolute atomic E-state index is 13.9. The number of carbonyl (C=O) groups is 2. The average Bonchev–Trinajstić information content (AvgIpc) is 2.61. The fourth-order valence-electron chi connectivity index (χ4n) is 2.24. The second-order valence-electron chi connectivity index (χ2n) is 5.43. The first-order chi connectivity index (χ1) is 12.4. The van der Waals surface area contributed by atoms with Crippen LogP contribution in [0.25, 0.3) is 11.3 Å². The standard InChI is InChI=1S/C17H18FN3O4S/c1-26-9-8-14(17(24)25)19-15(22)10-21-16(23)7-6-13(20-21)11-4-2-3-5-12(11)18/h2-7,14H,8-10H2,1H3,(H,19,22)(H,24,25)/t14-/m1/s1. The van der Waals surface area contributed by atoms with Gasteiger partial charge in [-0.3, -0.25) is 9.59 Å². The van der Waals surface area contributed by atoms with Gasteiger partial charge in [-0.05, 0) is 36.6 Å². The number of aliphatic carboxylic acids is 1. The van der Waals surface area contributed by atoms with Crippen LogP contribution in [0.5, 0.6) is 0 Å². The maximum Gasteiger partial charge on any atom is 0.326 e. The highest BCUT2D eigenvalue weighted by Gasteiger charge is 2.20. The van der Waals surface area contributed by atoms with Crippen molar-refractivity contribution in [3.63, 3.8) is 0 Å². The molecule has 0 radical (unpaired) electrons. The number of hydrogen-bond acceptors (Lipinski definition) is 5. The van der Waals surface area contributed by atoms with Gasteiger partial charge in [-0.15, -0.1) is 0 Å². The van der Waals surface area contributed by atoms with Crippen LogP contribution >= 0.6 is 11.8 Å². The van der Waals surface area contributed by atoms with Crippen LogP contribution in [0.15, 0.2) is 41.2 Å². The zero-order valence-electron chi connectivity index (χ0n) is 14.0. The van der Waals surface area contributed by atoms with E-state index in [1.165, 1.54) is 42.1 Å². The molecule has 2 aromatic rings. The molecule has 0 bridgehead atoms. The molecule has 0 aliphatic rings. The van der Waals surface area contributed by atoms with E-state index in [0.717, 1.165) is 4.68 Å². The number of rotatable bonds is 8. The number of halogens is 1. The fourth-order valence-corrected chi connectivity index (χ4v) is 2.72. The number of benzene rings is 1. The Labute approximate surface area is 153 Å². The molecule has 1 amide bonds. The second kappa shape index (κ2) is 9.14. The number of nitrogens with zero attached hydrogens (tertiary/aromatic N) is 2. The van der Waals surface area contributed by atoms with Crippen molar-refractivity contribution in [2.24, 2.45) is 0 Å². The minimum atomic E-state index is -1.15. The molecule has 9 heteroatoms. The summed E-state index contributed by atoms with van der Waals surface area (Å²) in [5, 5.41) is 15.5. The van der Waals surface area contributed by atoms with E-state index in [4.69, 9.17) is 5.11 Å². The summed E-state index contributed by atoms with van der Waals surface area (Å²) in [5.74, 6) is -1.73. The molecule has 1 atom stereocenters. The van der Waals surface area contributed by atoms with Gasteiger partial charge in [0.25, 0.3) is 5.56 Å². The molecule has 0 saturated heterocycles. The van der Waals surface area contributed by atoms with E-state index < -0.39 is 35.8 Å². The van der Waals surface area contributed by atoms with Crippen LogP contribution in [-0.2, 0) is 16.1 Å². The predicted molar refractivity (Wildman–Crippen MR) is 96.5 cm³/mol. The summed E-state index contributed by atoms with van der Waals surface area (Å²) in [4.78, 5) is 35.2. The summed E-state index contributed by atoms with van der Waals surface area (Å²) in [6.07, 6.45) is 2.10. The van der Waals surface area contributed by atoms with Crippen LogP contribution < -0.4 is 10.9 Å². The molecule has 0 unspecified atom stereocenters. The van der Waals surface area contributed by atoms with E-state index >= 15 is 0 Å². The van der Waals surface area contributed by atoms with Crippen molar-refractivity contribution >= 4 is 23.6 Å². The van der Waals surface area contributed by atoms with Gasteiger partial charge in [0.05, 0.1) is 5.69 Å². The fraction of sp³-hybridized carbons (Fsp3) is 0.294. The summed E-state index contributed by atoms with van der Waals surface area (Å²) in [7, 11) is 0. The summed E-state index contributed by atoms with van der Waals surface area (Å²) in [6, 6.07) is 7.45. The normalized spacial score (nSPS) is 11.8.